The number of carbonyl (C=O) groups excluding carboxylic acids is 2. The number of amidine groups is 1. The maximum atomic E-state index is 12.3. The van der Waals surface area contributed by atoms with Gasteiger partial charge in [-0.25, -0.2) is 4.79 Å². The van der Waals surface area contributed by atoms with Gasteiger partial charge >= 0.3 is 11.9 Å². The van der Waals surface area contributed by atoms with Crippen LogP contribution in [0.5, 0.6) is 5.75 Å². The van der Waals surface area contributed by atoms with Crippen LogP contribution in [-0.2, 0) is 9.59 Å². The molecule has 154 valence electrons. The van der Waals surface area contributed by atoms with Crippen molar-refractivity contribution in [2.24, 2.45) is 10.2 Å². The van der Waals surface area contributed by atoms with E-state index in [1.54, 1.807) is 24.3 Å². The van der Waals surface area contributed by atoms with Gasteiger partial charge in [-0.1, -0.05) is 47.1 Å². The fourth-order valence-electron chi connectivity index (χ4n) is 2.37. The Hall–Kier alpha value is -2.88. The number of ether oxygens (including phenoxy) is 1. The molecule has 1 aliphatic rings. The van der Waals surface area contributed by atoms with E-state index >= 15 is 0 Å². The lowest BCUT2D eigenvalue weighted by Crippen LogP contribution is -2.26. The number of aliphatic carboxylic acids is 1. The summed E-state index contributed by atoms with van der Waals surface area (Å²) in [5.41, 5.74) is 0.764. The van der Waals surface area contributed by atoms with Crippen LogP contribution in [0.3, 0.4) is 0 Å². The summed E-state index contributed by atoms with van der Waals surface area (Å²) in [5, 5.41) is 19.1. The highest BCUT2D eigenvalue weighted by molar-refractivity contribution is 8.15. The minimum Gasteiger partial charge on any atom is -0.481 e. The summed E-state index contributed by atoms with van der Waals surface area (Å²) >= 11 is 12.8. The van der Waals surface area contributed by atoms with Gasteiger partial charge in [0.2, 0.25) is 5.91 Å². The average molecular weight is 466 g/mol. The summed E-state index contributed by atoms with van der Waals surface area (Å²) in [7, 11) is 0. The van der Waals surface area contributed by atoms with E-state index in [0.29, 0.717) is 10.6 Å². The molecule has 8 nitrogen and oxygen atoms in total. The molecule has 0 radical (unpaired) electrons. The second-order valence-electron chi connectivity index (χ2n) is 5.93. The molecule has 0 spiro atoms. The molecule has 1 amide bonds. The van der Waals surface area contributed by atoms with Crippen LogP contribution in [0.2, 0.25) is 10.0 Å². The zero-order valence-electron chi connectivity index (χ0n) is 15.0. The van der Waals surface area contributed by atoms with Crippen LogP contribution >= 0.6 is 35.0 Å². The van der Waals surface area contributed by atoms with Crippen LogP contribution in [0.25, 0.3) is 0 Å². The van der Waals surface area contributed by atoms with Gasteiger partial charge in [0.05, 0.1) is 23.2 Å². The summed E-state index contributed by atoms with van der Waals surface area (Å²) in [6.45, 7) is 0. The SMILES string of the molecule is O=C(O)CC1SC(=NN=Cc2cccc(OC(=O)c3ccc(Cl)cc3Cl)c2)NC1=O. The highest BCUT2D eigenvalue weighted by atomic mass is 35.5. The molecule has 1 fully saturated rings. The van der Waals surface area contributed by atoms with Crippen LogP contribution in [-0.4, -0.2) is 39.6 Å². The van der Waals surface area contributed by atoms with E-state index in [4.69, 9.17) is 33.0 Å². The van der Waals surface area contributed by atoms with E-state index in [0.717, 1.165) is 11.8 Å². The van der Waals surface area contributed by atoms with Crippen molar-refractivity contribution in [2.75, 3.05) is 0 Å². The molecule has 1 unspecified atom stereocenters. The number of hydrogen-bond acceptors (Lipinski definition) is 7. The Bertz CT molecular complexity index is 1070. The van der Waals surface area contributed by atoms with Crippen molar-refractivity contribution < 1.29 is 24.2 Å². The van der Waals surface area contributed by atoms with Crippen molar-refractivity contribution in [3.05, 3.63) is 63.6 Å². The number of carboxylic acid groups (broad SMARTS) is 1. The summed E-state index contributed by atoms with van der Waals surface area (Å²) in [4.78, 5) is 34.7. The number of thioether (sulfide) groups is 1. The Kier molecular flexibility index (Phi) is 7.09. The third kappa shape index (κ3) is 5.82. The van der Waals surface area contributed by atoms with Crippen molar-refractivity contribution in [3.63, 3.8) is 0 Å². The maximum Gasteiger partial charge on any atom is 0.345 e. The van der Waals surface area contributed by atoms with Gasteiger partial charge in [0.15, 0.2) is 5.17 Å². The minimum absolute atomic E-state index is 0.177. The smallest absolute Gasteiger partial charge is 0.345 e. The lowest BCUT2D eigenvalue weighted by molar-refractivity contribution is -0.138. The number of benzene rings is 2. The molecule has 1 saturated heterocycles. The first kappa shape index (κ1) is 21.8. The Balaban J connectivity index is 1.65. The van der Waals surface area contributed by atoms with Crippen LogP contribution in [0, 0.1) is 0 Å². The van der Waals surface area contributed by atoms with Crippen molar-refractivity contribution in [1.29, 1.82) is 0 Å². The second-order valence-corrected chi connectivity index (χ2v) is 7.96. The molecule has 2 aromatic carbocycles. The van der Waals surface area contributed by atoms with Crippen LogP contribution in [0.15, 0.2) is 52.7 Å². The Morgan fingerprint density at radius 3 is 2.77 bits per heavy atom. The normalized spacial score (nSPS) is 17.3. The molecule has 1 atom stereocenters. The number of rotatable bonds is 6. The molecule has 3 rings (SSSR count). The number of hydrogen-bond donors (Lipinski definition) is 2. The number of amides is 1. The third-order valence-electron chi connectivity index (χ3n) is 3.71. The lowest BCUT2D eigenvalue weighted by Gasteiger charge is -2.06. The van der Waals surface area contributed by atoms with Crippen molar-refractivity contribution in [3.8, 4) is 5.75 Å². The van der Waals surface area contributed by atoms with E-state index in [1.807, 2.05) is 0 Å². The highest BCUT2D eigenvalue weighted by Gasteiger charge is 2.32. The molecule has 2 aromatic rings. The summed E-state index contributed by atoms with van der Waals surface area (Å²) < 4.78 is 5.33. The van der Waals surface area contributed by atoms with Gasteiger partial charge in [-0.3, -0.25) is 9.59 Å². The third-order valence-corrected chi connectivity index (χ3v) is 5.33. The van der Waals surface area contributed by atoms with Crippen molar-refractivity contribution >= 4 is 64.2 Å². The van der Waals surface area contributed by atoms with Gasteiger partial charge in [0.1, 0.15) is 11.0 Å². The standard InChI is InChI=1S/C19H13Cl2N3O5S/c20-11-4-5-13(14(21)7-11)18(28)29-12-3-1-2-10(6-12)9-22-24-19-23-17(27)15(30-19)8-16(25)26/h1-7,9,15H,8H2,(H,25,26)(H,23,24,27). The molecule has 1 heterocycles. The molecule has 0 bridgehead atoms. The fourth-order valence-corrected chi connectivity index (χ4v) is 3.77. The summed E-state index contributed by atoms with van der Waals surface area (Å²) in [5.74, 6) is -1.86. The number of carboxylic acids is 1. The predicted octanol–water partition coefficient (Wildman–Crippen LogP) is 3.61. The lowest BCUT2D eigenvalue weighted by atomic mass is 10.2. The minimum atomic E-state index is -1.07. The van der Waals surface area contributed by atoms with Crippen LogP contribution < -0.4 is 10.1 Å². The van der Waals surface area contributed by atoms with Gasteiger partial charge in [-0.05, 0) is 35.9 Å². The van der Waals surface area contributed by atoms with Crippen LogP contribution in [0.4, 0.5) is 0 Å². The molecule has 1 aliphatic heterocycles. The van der Waals surface area contributed by atoms with Crippen LogP contribution in [0.1, 0.15) is 22.3 Å². The Morgan fingerprint density at radius 1 is 1.23 bits per heavy atom. The van der Waals surface area contributed by atoms with Gasteiger partial charge in [-0.15, -0.1) is 5.10 Å². The molecule has 30 heavy (non-hydrogen) atoms. The predicted molar refractivity (Wildman–Crippen MR) is 115 cm³/mol. The summed E-state index contributed by atoms with van der Waals surface area (Å²) in [6.07, 6.45) is 1.10. The average Bonchev–Trinajstić information content (AvgIpc) is 3.00. The maximum absolute atomic E-state index is 12.3. The van der Waals surface area contributed by atoms with Gasteiger partial charge in [-0.2, -0.15) is 5.10 Å². The quantitative estimate of drug-likeness (QED) is 0.291. The molecular formula is C19H13Cl2N3O5S. The van der Waals surface area contributed by atoms with E-state index in [9.17, 15) is 14.4 Å². The Labute approximate surface area is 184 Å². The Morgan fingerprint density at radius 2 is 2.03 bits per heavy atom. The fraction of sp³-hybridized carbons (Fsp3) is 0.105. The largest absolute Gasteiger partial charge is 0.481 e. The van der Waals surface area contributed by atoms with E-state index in [1.165, 1.54) is 24.4 Å². The zero-order chi connectivity index (χ0) is 21.7. The van der Waals surface area contributed by atoms with E-state index < -0.39 is 23.1 Å². The molecule has 0 saturated carbocycles. The van der Waals surface area contributed by atoms with E-state index in [-0.39, 0.29) is 27.9 Å². The zero-order valence-corrected chi connectivity index (χ0v) is 17.4. The van der Waals surface area contributed by atoms with E-state index in [2.05, 4.69) is 15.5 Å². The molecule has 2 N–H and O–H groups in total. The first-order valence-electron chi connectivity index (χ1n) is 8.39. The highest BCUT2D eigenvalue weighted by Crippen LogP contribution is 2.24. The van der Waals surface area contributed by atoms with Gasteiger partial charge in [0, 0.05) is 5.02 Å². The molecule has 0 aromatic heterocycles. The molecule has 0 aliphatic carbocycles. The number of esters is 1. The van der Waals surface area contributed by atoms with Crippen molar-refractivity contribution in [1.82, 2.24) is 5.32 Å². The number of nitrogens with one attached hydrogen (secondary N) is 1. The van der Waals surface area contributed by atoms with Gasteiger partial charge in [0.25, 0.3) is 0 Å². The molecule has 11 heteroatoms. The number of carbonyl (C=O) groups is 3. The monoisotopic (exact) mass is 465 g/mol. The number of nitrogens with zero attached hydrogens (tertiary/aromatic N) is 2. The number of halogens is 2. The first-order valence-corrected chi connectivity index (χ1v) is 10.0. The first-order chi connectivity index (χ1) is 14.3. The molecular weight excluding hydrogens is 453 g/mol. The topological polar surface area (TPSA) is 117 Å². The second kappa shape index (κ2) is 9.75. The summed E-state index contributed by atoms with van der Waals surface area (Å²) in [6, 6.07) is 11.0. The van der Waals surface area contributed by atoms with Crippen molar-refractivity contribution in [2.45, 2.75) is 11.7 Å². The van der Waals surface area contributed by atoms with Gasteiger partial charge < -0.3 is 15.2 Å².